The van der Waals surface area contributed by atoms with Crippen molar-refractivity contribution < 1.29 is 4.79 Å². The second-order valence-electron chi connectivity index (χ2n) is 3.20. The van der Waals surface area contributed by atoms with Gasteiger partial charge >= 0.3 is 0 Å². The number of carbonyl (C=O) groups is 1. The maximum absolute atomic E-state index is 10.5. The highest BCUT2D eigenvalue weighted by atomic mass is 35.5. The molecule has 0 rings (SSSR count). The molecule has 0 heterocycles. The van der Waals surface area contributed by atoms with Crippen LogP contribution in [0.5, 0.6) is 0 Å². The molecule has 0 aliphatic rings. The monoisotopic (exact) mass is 202 g/mol. The van der Waals surface area contributed by atoms with Crippen LogP contribution in [-0.2, 0) is 4.79 Å². The van der Waals surface area contributed by atoms with Crippen LogP contribution in [0.25, 0.3) is 0 Å². The summed E-state index contributed by atoms with van der Waals surface area (Å²) < 4.78 is 0. The Morgan fingerprint density at radius 1 is 1.62 bits per heavy atom. The first-order valence-corrected chi connectivity index (χ1v) is 4.51. The van der Waals surface area contributed by atoms with E-state index in [9.17, 15) is 4.79 Å². The SMILES string of the molecule is CN/C(=C\C(=N)C(=O)Cl)CC(C)C. The Hall–Kier alpha value is -0.830. The van der Waals surface area contributed by atoms with E-state index in [1.807, 2.05) is 0 Å². The van der Waals surface area contributed by atoms with Gasteiger partial charge in [0.25, 0.3) is 5.24 Å². The maximum Gasteiger partial charge on any atom is 0.270 e. The first kappa shape index (κ1) is 12.2. The average Bonchev–Trinajstić information content (AvgIpc) is 2.02. The van der Waals surface area contributed by atoms with Crippen LogP contribution in [0.15, 0.2) is 11.8 Å². The zero-order valence-corrected chi connectivity index (χ0v) is 8.90. The average molecular weight is 203 g/mol. The quantitative estimate of drug-likeness (QED) is 0.529. The van der Waals surface area contributed by atoms with Gasteiger partial charge in [-0.3, -0.25) is 10.2 Å². The number of allylic oxidation sites excluding steroid dienone is 2. The molecule has 0 atom stereocenters. The summed E-state index contributed by atoms with van der Waals surface area (Å²) in [5.74, 6) is 0.483. The number of hydrogen-bond acceptors (Lipinski definition) is 3. The largest absolute Gasteiger partial charge is 0.391 e. The molecule has 0 radical (unpaired) electrons. The van der Waals surface area contributed by atoms with Gasteiger partial charge in [0, 0.05) is 12.7 Å². The van der Waals surface area contributed by atoms with Crippen LogP contribution in [0, 0.1) is 11.3 Å². The predicted molar refractivity (Wildman–Crippen MR) is 55.2 cm³/mol. The molecule has 4 heteroatoms. The van der Waals surface area contributed by atoms with E-state index >= 15 is 0 Å². The summed E-state index contributed by atoms with van der Waals surface area (Å²) in [7, 11) is 1.76. The predicted octanol–water partition coefficient (Wildman–Crippen LogP) is 1.92. The molecule has 0 spiro atoms. The Labute approximate surface area is 83.7 Å². The molecule has 0 fully saturated rings. The molecule has 0 bridgehead atoms. The van der Waals surface area contributed by atoms with Gasteiger partial charge < -0.3 is 5.32 Å². The maximum atomic E-state index is 10.5. The van der Waals surface area contributed by atoms with Gasteiger partial charge in [-0.2, -0.15) is 0 Å². The minimum atomic E-state index is -0.725. The molecule has 0 aromatic heterocycles. The molecular weight excluding hydrogens is 188 g/mol. The zero-order valence-electron chi connectivity index (χ0n) is 8.15. The van der Waals surface area contributed by atoms with Gasteiger partial charge in [0.15, 0.2) is 0 Å². The van der Waals surface area contributed by atoms with E-state index in [2.05, 4.69) is 19.2 Å². The summed E-state index contributed by atoms with van der Waals surface area (Å²) in [5, 5.41) is 9.43. The fourth-order valence-electron chi connectivity index (χ4n) is 0.904. The second kappa shape index (κ2) is 5.75. The molecule has 0 unspecified atom stereocenters. The Morgan fingerprint density at radius 2 is 2.15 bits per heavy atom. The van der Waals surface area contributed by atoms with Crippen LogP contribution in [0.3, 0.4) is 0 Å². The molecule has 13 heavy (non-hydrogen) atoms. The first-order valence-electron chi connectivity index (χ1n) is 4.14. The van der Waals surface area contributed by atoms with Gasteiger partial charge in [-0.05, 0) is 30.0 Å². The highest BCUT2D eigenvalue weighted by Gasteiger charge is 2.05. The van der Waals surface area contributed by atoms with Gasteiger partial charge in [0.2, 0.25) is 0 Å². The van der Waals surface area contributed by atoms with E-state index in [0.29, 0.717) is 5.92 Å². The van der Waals surface area contributed by atoms with E-state index in [4.69, 9.17) is 17.0 Å². The fourth-order valence-corrected chi connectivity index (χ4v) is 0.959. The smallest absolute Gasteiger partial charge is 0.270 e. The van der Waals surface area contributed by atoms with E-state index < -0.39 is 5.24 Å². The Balaban J connectivity index is 4.38. The van der Waals surface area contributed by atoms with Crippen molar-refractivity contribution in [1.82, 2.24) is 5.32 Å². The van der Waals surface area contributed by atoms with Crippen molar-refractivity contribution in [2.75, 3.05) is 7.05 Å². The molecular formula is C9H15ClN2O. The first-order chi connectivity index (χ1) is 5.97. The third kappa shape index (κ3) is 5.42. The molecule has 0 aliphatic carbocycles. The topological polar surface area (TPSA) is 53.0 Å². The van der Waals surface area contributed by atoms with Crippen molar-refractivity contribution in [1.29, 1.82) is 5.41 Å². The van der Waals surface area contributed by atoms with E-state index in [1.54, 1.807) is 7.05 Å². The van der Waals surface area contributed by atoms with Crippen molar-refractivity contribution in [2.24, 2.45) is 5.92 Å². The van der Waals surface area contributed by atoms with E-state index in [1.165, 1.54) is 6.08 Å². The minimum absolute atomic E-state index is 0.174. The normalized spacial score (nSPS) is 11.6. The number of rotatable bonds is 5. The molecule has 0 aliphatic heterocycles. The van der Waals surface area contributed by atoms with E-state index in [-0.39, 0.29) is 5.71 Å². The summed E-state index contributed by atoms with van der Waals surface area (Å²) in [4.78, 5) is 10.5. The van der Waals surface area contributed by atoms with E-state index in [0.717, 1.165) is 12.1 Å². The molecule has 74 valence electrons. The molecule has 0 amide bonds. The fraction of sp³-hybridized carbons (Fsp3) is 0.556. The number of carbonyl (C=O) groups excluding carboxylic acids is 1. The Morgan fingerprint density at radius 3 is 2.46 bits per heavy atom. The summed E-state index contributed by atoms with van der Waals surface area (Å²) in [6.07, 6.45) is 2.28. The van der Waals surface area contributed by atoms with Crippen LogP contribution in [0.1, 0.15) is 20.3 Å². The van der Waals surface area contributed by atoms with Crippen molar-refractivity contribution in [3.8, 4) is 0 Å². The molecule has 0 saturated heterocycles. The van der Waals surface area contributed by atoms with Gasteiger partial charge in [-0.15, -0.1) is 0 Å². The second-order valence-corrected chi connectivity index (χ2v) is 3.55. The van der Waals surface area contributed by atoms with Gasteiger partial charge in [0.1, 0.15) is 5.71 Å². The number of nitrogens with one attached hydrogen (secondary N) is 2. The molecule has 3 nitrogen and oxygen atoms in total. The standard InChI is InChI=1S/C9H15ClN2O/c1-6(2)4-7(12-3)5-8(11)9(10)13/h5-6,11-12H,4H2,1-3H3/b7-5-,11-8?. The van der Waals surface area contributed by atoms with Crippen LogP contribution in [0.2, 0.25) is 0 Å². The van der Waals surface area contributed by atoms with Crippen LogP contribution >= 0.6 is 11.6 Å². The lowest BCUT2D eigenvalue weighted by Crippen LogP contribution is -2.12. The lowest BCUT2D eigenvalue weighted by atomic mass is 10.1. The van der Waals surface area contributed by atoms with Crippen LogP contribution in [0.4, 0.5) is 0 Å². The lowest BCUT2D eigenvalue weighted by molar-refractivity contribution is -0.106. The van der Waals surface area contributed by atoms with Crippen molar-refractivity contribution in [2.45, 2.75) is 20.3 Å². The summed E-state index contributed by atoms with van der Waals surface area (Å²) in [6, 6.07) is 0. The van der Waals surface area contributed by atoms with Gasteiger partial charge in [0.05, 0.1) is 0 Å². The molecule has 0 aromatic carbocycles. The molecule has 0 aromatic rings. The van der Waals surface area contributed by atoms with Crippen molar-refractivity contribution in [3.63, 3.8) is 0 Å². The van der Waals surface area contributed by atoms with Crippen molar-refractivity contribution in [3.05, 3.63) is 11.8 Å². The van der Waals surface area contributed by atoms with Crippen molar-refractivity contribution >= 4 is 22.6 Å². The van der Waals surface area contributed by atoms with Crippen LogP contribution < -0.4 is 5.32 Å². The summed E-state index contributed by atoms with van der Waals surface area (Å²) in [6.45, 7) is 4.13. The highest BCUT2D eigenvalue weighted by molar-refractivity contribution is 6.83. The minimum Gasteiger partial charge on any atom is -0.391 e. The Kier molecular flexibility index (Phi) is 5.39. The third-order valence-electron chi connectivity index (χ3n) is 1.48. The van der Waals surface area contributed by atoms with Gasteiger partial charge in [-0.1, -0.05) is 13.8 Å². The lowest BCUT2D eigenvalue weighted by Gasteiger charge is -2.08. The number of halogens is 1. The van der Waals surface area contributed by atoms with Gasteiger partial charge in [-0.25, -0.2) is 0 Å². The molecule has 0 saturated carbocycles. The molecule has 2 N–H and O–H groups in total. The Bertz CT molecular complexity index is 234. The summed E-state index contributed by atoms with van der Waals surface area (Å²) >= 11 is 5.13. The number of hydrogen-bond donors (Lipinski definition) is 2. The third-order valence-corrected chi connectivity index (χ3v) is 1.68. The summed E-state index contributed by atoms with van der Waals surface area (Å²) in [5.41, 5.74) is 0.681. The highest BCUT2D eigenvalue weighted by Crippen LogP contribution is 2.07. The zero-order chi connectivity index (χ0) is 10.4. The van der Waals surface area contributed by atoms with Crippen LogP contribution in [-0.4, -0.2) is 18.0 Å².